The highest BCUT2D eigenvalue weighted by atomic mass is 79.9. The van der Waals surface area contributed by atoms with Crippen LogP contribution in [-0.2, 0) is 6.54 Å². The number of nitrogens with one attached hydrogen (secondary N) is 1. The third-order valence-electron chi connectivity index (χ3n) is 3.39. The van der Waals surface area contributed by atoms with Crippen LogP contribution in [0, 0.1) is 0 Å². The van der Waals surface area contributed by atoms with E-state index < -0.39 is 0 Å². The van der Waals surface area contributed by atoms with Gasteiger partial charge in [0.15, 0.2) is 0 Å². The Hall–Kier alpha value is -1.32. The number of rotatable bonds is 6. The topological polar surface area (TPSA) is 21.3 Å². The zero-order valence-corrected chi connectivity index (χ0v) is 13.5. The Morgan fingerprint density at radius 2 is 1.80 bits per heavy atom. The summed E-state index contributed by atoms with van der Waals surface area (Å²) >= 11 is 3.46. The summed E-state index contributed by atoms with van der Waals surface area (Å²) in [6.07, 6.45) is 1.02. The van der Waals surface area contributed by atoms with Gasteiger partial charge in [0.1, 0.15) is 5.75 Å². The van der Waals surface area contributed by atoms with E-state index in [1.165, 1.54) is 11.1 Å². The number of hydrogen-bond donors (Lipinski definition) is 1. The molecule has 0 aliphatic carbocycles. The van der Waals surface area contributed by atoms with Crippen molar-refractivity contribution in [3.8, 4) is 5.75 Å². The molecule has 2 nitrogen and oxygen atoms in total. The second-order valence-corrected chi connectivity index (χ2v) is 5.63. The summed E-state index contributed by atoms with van der Waals surface area (Å²) in [6, 6.07) is 16.9. The van der Waals surface area contributed by atoms with Crippen molar-refractivity contribution in [2.75, 3.05) is 7.11 Å². The maximum absolute atomic E-state index is 5.45. The number of hydrogen-bond acceptors (Lipinski definition) is 2. The Bertz CT molecular complexity index is 539. The second kappa shape index (κ2) is 7.46. The van der Waals surface area contributed by atoms with Gasteiger partial charge in [0.2, 0.25) is 0 Å². The zero-order valence-electron chi connectivity index (χ0n) is 11.9. The van der Waals surface area contributed by atoms with E-state index in [0.717, 1.165) is 23.2 Å². The standard InChI is InChI=1S/C17H20BrNO/c1-3-16(15-6-4-5-7-17(15)20-2)19-12-13-8-10-14(18)11-9-13/h4-11,16,19H,3,12H2,1-2H3. The molecule has 0 saturated heterocycles. The van der Waals surface area contributed by atoms with E-state index in [4.69, 9.17) is 4.74 Å². The molecule has 0 spiro atoms. The van der Waals surface area contributed by atoms with Gasteiger partial charge < -0.3 is 10.1 Å². The van der Waals surface area contributed by atoms with Gasteiger partial charge in [0, 0.05) is 22.6 Å². The first kappa shape index (κ1) is 15.1. The first-order chi connectivity index (χ1) is 9.74. The third kappa shape index (κ3) is 3.84. The molecule has 1 N–H and O–H groups in total. The molecule has 0 aromatic heterocycles. The third-order valence-corrected chi connectivity index (χ3v) is 3.92. The molecule has 0 saturated carbocycles. The highest BCUT2D eigenvalue weighted by molar-refractivity contribution is 9.10. The minimum absolute atomic E-state index is 0.301. The lowest BCUT2D eigenvalue weighted by Gasteiger charge is -2.20. The largest absolute Gasteiger partial charge is 0.496 e. The van der Waals surface area contributed by atoms with Gasteiger partial charge in [-0.05, 0) is 30.2 Å². The normalized spacial score (nSPS) is 12.2. The predicted molar refractivity (Wildman–Crippen MR) is 87.0 cm³/mol. The van der Waals surface area contributed by atoms with Crippen molar-refractivity contribution in [1.29, 1.82) is 0 Å². The number of halogens is 1. The molecule has 0 radical (unpaired) electrons. The van der Waals surface area contributed by atoms with Gasteiger partial charge in [-0.25, -0.2) is 0 Å². The Morgan fingerprint density at radius 3 is 2.45 bits per heavy atom. The smallest absolute Gasteiger partial charge is 0.123 e. The fourth-order valence-electron chi connectivity index (χ4n) is 2.27. The first-order valence-corrected chi connectivity index (χ1v) is 7.64. The molecule has 20 heavy (non-hydrogen) atoms. The molecule has 0 amide bonds. The summed E-state index contributed by atoms with van der Waals surface area (Å²) in [6.45, 7) is 3.04. The van der Waals surface area contributed by atoms with E-state index in [9.17, 15) is 0 Å². The summed E-state index contributed by atoms with van der Waals surface area (Å²) in [5.74, 6) is 0.947. The molecule has 0 fully saturated rings. The highest BCUT2D eigenvalue weighted by Crippen LogP contribution is 2.27. The van der Waals surface area contributed by atoms with E-state index in [0.29, 0.717) is 6.04 Å². The van der Waals surface area contributed by atoms with E-state index in [1.54, 1.807) is 7.11 Å². The molecule has 0 bridgehead atoms. The van der Waals surface area contributed by atoms with Gasteiger partial charge >= 0.3 is 0 Å². The van der Waals surface area contributed by atoms with Crippen LogP contribution in [0.3, 0.4) is 0 Å². The van der Waals surface area contributed by atoms with Crippen molar-refractivity contribution in [2.24, 2.45) is 0 Å². The Morgan fingerprint density at radius 1 is 1.10 bits per heavy atom. The maximum atomic E-state index is 5.45. The van der Waals surface area contributed by atoms with Gasteiger partial charge in [-0.2, -0.15) is 0 Å². The zero-order chi connectivity index (χ0) is 14.4. The number of ether oxygens (including phenoxy) is 1. The van der Waals surface area contributed by atoms with E-state index in [1.807, 2.05) is 12.1 Å². The van der Waals surface area contributed by atoms with Gasteiger partial charge in [0.05, 0.1) is 7.11 Å². The SMILES string of the molecule is CCC(NCc1ccc(Br)cc1)c1ccccc1OC. The van der Waals surface area contributed by atoms with Crippen LogP contribution >= 0.6 is 15.9 Å². The lowest BCUT2D eigenvalue weighted by atomic mass is 10.0. The minimum Gasteiger partial charge on any atom is -0.496 e. The van der Waals surface area contributed by atoms with Crippen LogP contribution in [-0.4, -0.2) is 7.11 Å². The molecule has 0 aliphatic heterocycles. The Kier molecular flexibility index (Phi) is 5.62. The predicted octanol–water partition coefficient (Wildman–Crippen LogP) is 4.70. The molecule has 2 aromatic carbocycles. The molecule has 0 heterocycles. The lowest BCUT2D eigenvalue weighted by Crippen LogP contribution is -2.20. The van der Waals surface area contributed by atoms with E-state index >= 15 is 0 Å². The summed E-state index contributed by atoms with van der Waals surface area (Å²) in [4.78, 5) is 0. The van der Waals surface area contributed by atoms with Crippen molar-refractivity contribution in [3.05, 3.63) is 64.1 Å². The van der Waals surface area contributed by atoms with Crippen LogP contribution < -0.4 is 10.1 Å². The van der Waals surface area contributed by atoms with Crippen LogP contribution in [0.15, 0.2) is 53.0 Å². The summed E-state index contributed by atoms with van der Waals surface area (Å²) in [5, 5.41) is 3.60. The quantitative estimate of drug-likeness (QED) is 0.827. The van der Waals surface area contributed by atoms with Gasteiger partial charge in [-0.1, -0.05) is 53.2 Å². The van der Waals surface area contributed by atoms with Crippen LogP contribution in [0.5, 0.6) is 5.75 Å². The monoisotopic (exact) mass is 333 g/mol. The van der Waals surface area contributed by atoms with Gasteiger partial charge in [-0.3, -0.25) is 0 Å². The summed E-state index contributed by atoms with van der Waals surface area (Å²) in [7, 11) is 1.72. The molecular weight excluding hydrogens is 314 g/mol. The minimum atomic E-state index is 0.301. The van der Waals surface area contributed by atoms with Crippen molar-refractivity contribution in [3.63, 3.8) is 0 Å². The molecule has 1 atom stereocenters. The fraction of sp³-hybridized carbons (Fsp3) is 0.294. The van der Waals surface area contributed by atoms with Gasteiger partial charge in [-0.15, -0.1) is 0 Å². The van der Waals surface area contributed by atoms with Crippen LogP contribution in [0.25, 0.3) is 0 Å². The van der Waals surface area contributed by atoms with Crippen molar-refractivity contribution in [2.45, 2.75) is 25.9 Å². The average molecular weight is 334 g/mol. The van der Waals surface area contributed by atoms with Crippen LogP contribution in [0.1, 0.15) is 30.5 Å². The average Bonchev–Trinajstić information content (AvgIpc) is 2.50. The van der Waals surface area contributed by atoms with Crippen molar-refractivity contribution in [1.82, 2.24) is 5.32 Å². The molecular formula is C17H20BrNO. The van der Waals surface area contributed by atoms with E-state index in [2.05, 4.69) is 64.6 Å². The van der Waals surface area contributed by atoms with Crippen molar-refractivity contribution >= 4 is 15.9 Å². The molecule has 106 valence electrons. The van der Waals surface area contributed by atoms with E-state index in [-0.39, 0.29) is 0 Å². The van der Waals surface area contributed by atoms with Gasteiger partial charge in [0.25, 0.3) is 0 Å². The molecule has 0 aliphatic rings. The summed E-state index contributed by atoms with van der Waals surface area (Å²) in [5.41, 5.74) is 2.50. The molecule has 3 heteroatoms. The Balaban J connectivity index is 2.07. The highest BCUT2D eigenvalue weighted by Gasteiger charge is 2.13. The first-order valence-electron chi connectivity index (χ1n) is 6.85. The molecule has 2 aromatic rings. The van der Waals surface area contributed by atoms with Crippen LogP contribution in [0.4, 0.5) is 0 Å². The molecule has 1 unspecified atom stereocenters. The maximum Gasteiger partial charge on any atom is 0.123 e. The number of para-hydroxylation sites is 1. The lowest BCUT2D eigenvalue weighted by molar-refractivity contribution is 0.396. The summed E-state index contributed by atoms with van der Waals surface area (Å²) < 4.78 is 6.56. The van der Waals surface area contributed by atoms with Crippen molar-refractivity contribution < 1.29 is 4.74 Å². The fourth-order valence-corrected chi connectivity index (χ4v) is 2.54. The molecule has 2 rings (SSSR count). The number of benzene rings is 2. The number of methoxy groups -OCH3 is 1. The second-order valence-electron chi connectivity index (χ2n) is 4.71. The Labute approximate surface area is 129 Å². The van der Waals surface area contributed by atoms with Crippen LogP contribution in [0.2, 0.25) is 0 Å².